The molecule has 64 valence electrons. The molecular weight excluding hydrogens is 214 g/mol. The zero-order valence-corrected chi connectivity index (χ0v) is 8.69. The summed E-state index contributed by atoms with van der Waals surface area (Å²) < 4.78 is 1.26. The maximum absolute atomic E-state index is 3.59. The number of hydrogen-bond acceptors (Lipinski definition) is 1. The molecule has 0 radical (unpaired) electrons. The Labute approximate surface area is 81.3 Å². The highest BCUT2D eigenvalue weighted by molar-refractivity contribution is 9.10. The lowest BCUT2D eigenvalue weighted by molar-refractivity contribution is 0.447. The van der Waals surface area contributed by atoms with Gasteiger partial charge in [-0.2, -0.15) is 0 Å². The Morgan fingerprint density at radius 3 is 2.67 bits per heavy atom. The molecular formula is C10H12BrN. The number of aryl methyl sites for hydroxylation is 1. The molecule has 1 heterocycles. The van der Waals surface area contributed by atoms with Crippen molar-refractivity contribution in [2.75, 3.05) is 13.1 Å². The van der Waals surface area contributed by atoms with Crippen molar-refractivity contribution in [2.24, 2.45) is 0 Å². The predicted octanol–water partition coefficient (Wildman–Crippen LogP) is 2.44. The van der Waals surface area contributed by atoms with Crippen molar-refractivity contribution in [1.82, 2.24) is 5.32 Å². The van der Waals surface area contributed by atoms with E-state index in [0.717, 1.165) is 19.0 Å². The number of nitrogens with one attached hydrogen (secondary N) is 1. The number of benzene rings is 1. The van der Waals surface area contributed by atoms with E-state index < -0.39 is 0 Å². The zero-order chi connectivity index (χ0) is 8.55. The fourth-order valence-electron chi connectivity index (χ4n) is 1.47. The van der Waals surface area contributed by atoms with Crippen molar-refractivity contribution in [2.45, 2.75) is 12.8 Å². The fourth-order valence-corrected chi connectivity index (χ4v) is 2.29. The Morgan fingerprint density at radius 2 is 2.17 bits per heavy atom. The molecule has 1 aliphatic heterocycles. The van der Waals surface area contributed by atoms with Crippen molar-refractivity contribution in [1.29, 1.82) is 0 Å². The molecule has 0 atom stereocenters. The molecule has 0 aliphatic carbocycles. The van der Waals surface area contributed by atoms with Crippen LogP contribution in [0, 0.1) is 6.92 Å². The maximum atomic E-state index is 3.59. The third kappa shape index (κ3) is 1.41. The molecule has 1 fully saturated rings. The van der Waals surface area contributed by atoms with Gasteiger partial charge in [0.1, 0.15) is 0 Å². The zero-order valence-electron chi connectivity index (χ0n) is 7.10. The van der Waals surface area contributed by atoms with Gasteiger partial charge in [0.25, 0.3) is 0 Å². The smallest absolute Gasteiger partial charge is 0.0213 e. The first-order chi connectivity index (χ1) is 5.77. The summed E-state index contributed by atoms with van der Waals surface area (Å²) in [6.07, 6.45) is 0. The van der Waals surface area contributed by atoms with Crippen molar-refractivity contribution in [3.05, 3.63) is 33.8 Å². The van der Waals surface area contributed by atoms with E-state index in [4.69, 9.17) is 0 Å². The minimum Gasteiger partial charge on any atom is -0.315 e. The molecule has 0 bridgehead atoms. The first kappa shape index (κ1) is 8.27. The molecule has 1 aliphatic rings. The highest BCUT2D eigenvalue weighted by Gasteiger charge is 2.20. The summed E-state index contributed by atoms with van der Waals surface area (Å²) >= 11 is 3.59. The monoisotopic (exact) mass is 225 g/mol. The molecule has 2 rings (SSSR count). The summed E-state index contributed by atoms with van der Waals surface area (Å²) in [5.41, 5.74) is 2.76. The van der Waals surface area contributed by atoms with Crippen LogP contribution in [-0.4, -0.2) is 13.1 Å². The third-order valence-corrected chi connectivity index (χ3v) is 3.06. The van der Waals surface area contributed by atoms with Crippen LogP contribution < -0.4 is 5.32 Å². The van der Waals surface area contributed by atoms with Crippen LogP contribution in [0.2, 0.25) is 0 Å². The van der Waals surface area contributed by atoms with Crippen molar-refractivity contribution in [3.63, 3.8) is 0 Å². The van der Waals surface area contributed by atoms with Gasteiger partial charge in [0.05, 0.1) is 0 Å². The highest BCUT2D eigenvalue weighted by Crippen LogP contribution is 2.28. The van der Waals surface area contributed by atoms with E-state index >= 15 is 0 Å². The lowest BCUT2D eigenvalue weighted by Gasteiger charge is -2.28. The molecule has 0 amide bonds. The van der Waals surface area contributed by atoms with Gasteiger partial charge in [0, 0.05) is 23.5 Å². The SMILES string of the molecule is Cc1ccc(C2CNC2)c(Br)c1. The molecule has 1 saturated heterocycles. The molecule has 1 aromatic rings. The largest absolute Gasteiger partial charge is 0.315 e. The average molecular weight is 226 g/mol. The van der Waals surface area contributed by atoms with Crippen LogP contribution in [0.5, 0.6) is 0 Å². The van der Waals surface area contributed by atoms with E-state index in [0.29, 0.717) is 0 Å². The van der Waals surface area contributed by atoms with Crippen LogP contribution in [0.25, 0.3) is 0 Å². The maximum Gasteiger partial charge on any atom is 0.0213 e. The minimum absolute atomic E-state index is 0.722. The molecule has 1 aromatic carbocycles. The normalized spacial score (nSPS) is 17.5. The molecule has 0 spiro atoms. The Bertz CT molecular complexity index is 292. The van der Waals surface area contributed by atoms with Gasteiger partial charge in [-0.05, 0) is 24.1 Å². The third-order valence-electron chi connectivity index (χ3n) is 2.38. The standard InChI is InChI=1S/C10H12BrN/c1-7-2-3-9(10(11)4-7)8-5-12-6-8/h2-4,8,12H,5-6H2,1H3. The fraction of sp³-hybridized carbons (Fsp3) is 0.400. The topological polar surface area (TPSA) is 12.0 Å². The van der Waals surface area contributed by atoms with Gasteiger partial charge in [0.15, 0.2) is 0 Å². The Morgan fingerprint density at radius 1 is 1.42 bits per heavy atom. The van der Waals surface area contributed by atoms with Gasteiger partial charge in [0.2, 0.25) is 0 Å². The lowest BCUT2D eigenvalue weighted by atomic mass is 9.93. The van der Waals surface area contributed by atoms with Crippen LogP contribution in [0.15, 0.2) is 22.7 Å². The van der Waals surface area contributed by atoms with E-state index in [-0.39, 0.29) is 0 Å². The molecule has 0 saturated carbocycles. The number of hydrogen-bond donors (Lipinski definition) is 1. The summed E-state index contributed by atoms with van der Waals surface area (Å²) in [5, 5.41) is 3.28. The molecule has 0 aromatic heterocycles. The van der Waals surface area contributed by atoms with Crippen LogP contribution in [0.4, 0.5) is 0 Å². The van der Waals surface area contributed by atoms with Crippen LogP contribution in [0.1, 0.15) is 17.0 Å². The Balaban J connectivity index is 2.31. The van der Waals surface area contributed by atoms with Gasteiger partial charge in [-0.1, -0.05) is 28.1 Å². The van der Waals surface area contributed by atoms with E-state index in [1.807, 2.05) is 0 Å². The second-order valence-electron chi connectivity index (χ2n) is 3.38. The predicted molar refractivity (Wildman–Crippen MR) is 54.5 cm³/mol. The van der Waals surface area contributed by atoms with Gasteiger partial charge in [-0.25, -0.2) is 0 Å². The summed E-state index contributed by atoms with van der Waals surface area (Å²) in [5.74, 6) is 0.722. The molecule has 2 heteroatoms. The van der Waals surface area contributed by atoms with Crippen molar-refractivity contribution in [3.8, 4) is 0 Å². The minimum atomic E-state index is 0.722. The van der Waals surface area contributed by atoms with Gasteiger partial charge < -0.3 is 5.32 Å². The highest BCUT2D eigenvalue weighted by atomic mass is 79.9. The second-order valence-corrected chi connectivity index (χ2v) is 4.23. The average Bonchev–Trinajstić information content (AvgIpc) is 1.91. The van der Waals surface area contributed by atoms with Crippen LogP contribution in [0.3, 0.4) is 0 Å². The number of halogens is 1. The first-order valence-electron chi connectivity index (χ1n) is 4.24. The summed E-state index contributed by atoms with van der Waals surface area (Å²) in [6.45, 7) is 4.37. The molecule has 0 unspecified atom stereocenters. The van der Waals surface area contributed by atoms with E-state index in [2.05, 4.69) is 46.4 Å². The number of rotatable bonds is 1. The quantitative estimate of drug-likeness (QED) is 0.775. The second kappa shape index (κ2) is 3.19. The molecule has 12 heavy (non-hydrogen) atoms. The lowest BCUT2D eigenvalue weighted by Crippen LogP contribution is -2.40. The van der Waals surface area contributed by atoms with E-state index in [1.165, 1.54) is 15.6 Å². The molecule has 1 N–H and O–H groups in total. The van der Waals surface area contributed by atoms with Crippen LogP contribution >= 0.6 is 15.9 Å². The van der Waals surface area contributed by atoms with Crippen LogP contribution in [-0.2, 0) is 0 Å². The Kier molecular flexibility index (Phi) is 2.20. The summed E-state index contributed by atoms with van der Waals surface area (Å²) in [7, 11) is 0. The van der Waals surface area contributed by atoms with Gasteiger partial charge in [-0.15, -0.1) is 0 Å². The van der Waals surface area contributed by atoms with Crippen molar-refractivity contribution < 1.29 is 0 Å². The molecule has 1 nitrogen and oxygen atoms in total. The van der Waals surface area contributed by atoms with E-state index in [1.54, 1.807) is 0 Å². The van der Waals surface area contributed by atoms with Gasteiger partial charge in [-0.3, -0.25) is 0 Å². The van der Waals surface area contributed by atoms with Crippen molar-refractivity contribution >= 4 is 15.9 Å². The first-order valence-corrected chi connectivity index (χ1v) is 5.03. The summed E-state index contributed by atoms with van der Waals surface area (Å²) in [6, 6.07) is 6.59. The Hall–Kier alpha value is -0.340. The summed E-state index contributed by atoms with van der Waals surface area (Å²) in [4.78, 5) is 0. The van der Waals surface area contributed by atoms with Gasteiger partial charge >= 0.3 is 0 Å². The van der Waals surface area contributed by atoms with E-state index in [9.17, 15) is 0 Å².